The molecule has 0 atom stereocenters. The Kier molecular flexibility index (Phi) is 7.22. The van der Waals surface area contributed by atoms with Crippen LogP contribution in [0.15, 0.2) is 77.7 Å². The molecule has 1 heterocycles. The molecule has 1 aliphatic heterocycles. The number of nitrogens with one attached hydrogen (secondary N) is 1. The molecule has 1 saturated heterocycles. The zero-order chi connectivity index (χ0) is 24.8. The highest BCUT2D eigenvalue weighted by molar-refractivity contribution is 7.92. The normalized spacial score (nSPS) is 14.1. The summed E-state index contributed by atoms with van der Waals surface area (Å²) in [6.45, 7) is 2.66. The van der Waals surface area contributed by atoms with E-state index in [1.54, 1.807) is 60.5 Å². The lowest BCUT2D eigenvalue weighted by Crippen LogP contribution is -2.35. The first-order chi connectivity index (χ1) is 16.9. The number of nitriles is 1. The summed E-state index contributed by atoms with van der Waals surface area (Å²) in [7, 11) is -2.25. The van der Waals surface area contributed by atoms with Gasteiger partial charge in [-0.25, -0.2) is 8.42 Å². The van der Waals surface area contributed by atoms with Gasteiger partial charge < -0.3 is 14.5 Å². The van der Waals surface area contributed by atoms with Crippen LogP contribution in [0.1, 0.15) is 22.3 Å². The molecule has 1 fully saturated rings. The molecule has 1 aliphatic rings. The summed E-state index contributed by atoms with van der Waals surface area (Å²) in [5, 5.41) is 8.98. The number of carbonyl (C=O) groups excluding carboxylic acids is 1. The number of hydrogen-bond donors (Lipinski definition) is 1. The number of benzene rings is 3. The van der Waals surface area contributed by atoms with E-state index in [1.165, 1.54) is 12.1 Å². The first kappa shape index (κ1) is 24.1. The standard InChI is InChI=1S/C26H26N4O4S/c1-34-24-11-7-22(8-12-24)28-35(32,33)25-13-5-21(6-14-25)26(31)30-16-2-15-29(17-18-30)23-9-3-20(19-27)4-10-23/h3-14,28H,2,15-18H2,1H3. The van der Waals surface area contributed by atoms with Gasteiger partial charge in [0.25, 0.3) is 15.9 Å². The lowest BCUT2D eigenvalue weighted by Gasteiger charge is -2.24. The molecule has 3 aromatic carbocycles. The molecular weight excluding hydrogens is 464 g/mol. The molecule has 3 aromatic rings. The van der Waals surface area contributed by atoms with Gasteiger partial charge in [0.15, 0.2) is 0 Å². The molecule has 4 rings (SSSR count). The number of rotatable bonds is 6. The largest absolute Gasteiger partial charge is 0.497 e. The van der Waals surface area contributed by atoms with E-state index in [0.29, 0.717) is 42.2 Å². The van der Waals surface area contributed by atoms with Gasteiger partial charge in [-0.2, -0.15) is 5.26 Å². The van der Waals surface area contributed by atoms with Crippen LogP contribution in [-0.2, 0) is 10.0 Å². The van der Waals surface area contributed by atoms with Gasteiger partial charge in [-0.15, -0.1) is 0 Å². The van der Waals surface area contributed by atoms with Crippen LogP contribution in [0.2, 0.25) is 0 Å². The van der Waals surface area contributed by atoms with Crippen LogP contribution in [0.25, 0.3) is 0 Å². The van der Waals surface area contributed by atoms with Crippen molar-refractivity contribution in [3.63, 3.8) is 0 Å². The molecule has 35 heavy (non-hydrogen) atoms. The van der Waals surface area contributed by atoms with Crippen LogP contribution in [0.3, 0.4) is 0 Å². The van der Waals surface area contributed by atoms with Crippen molar-refractivity contribution in [2.24, 2.45) is 0 Å². The number of nitrogens with zero attached hydrogens (tertiary/aromatic N) is 3. The van der Waals surface area contributed by atoms with E-state index < -0.39 is 10.0 Å². The fraction of sp³-hybridized carbons (Fsp3) is 0.231. The first-order valence-electron chi connectivity index (χ1n) is 11.2. The Labute approximate surface area is 205 Å². The third-order valence-corrected chi connectivity index (χ3v) is 7.30. The molecule has 8 nitrogen and oxygen atoms in total. The number of anilines is 2. The summed E-state index contributed by atoms with van der Waals surface area (Å²) in [6, 6.07) is 22.1. The molecule has 1 amide bonds. The lowest BCUT2D eigenvalue weighted by molar-refractivity contribution is 0.0767. The Balaban J connectivity index is 1.40. The van der Waals surface area contributed by atoms with E-state index in [9.17, 15) is 13.2 Å². The average molecular weight is 491 g/mol. The molecule has 1 N–H and O–H groups in total. The van der Waals surface area contributed by atoms with Crippen LogP contribution in [0, 0.1) is 11.3 Å². The zero-order valence-corrected chi connectivity index (χ0v) is 20.2. The molecule has 0 radical (unpaired) electrons. The summed E-state index contributed by atoms with van der Waals surface area (Å²) in [5.74, 6) is 0.503. The van der Waals surface area contributed by atoms with Crippen LogP contribution in [0.4, 0.5) is 11.4 Å². The van der Waals surface area contributed by atoms with Crippen molar-refractivity contribution in [1.82, 2.24) is 4.90 Å². The van der Waals surface area contributed by atoms with Crippen LogP contribution < -0.4 is 14.4 Å². The topological polar surface area (TPSA) is 103 Å². The van der Waals surface area contributed by atoms with Crippen molar-refractivity contribution < 1.29 is 17.9 Å². The number of amides is 1. The number of ether oxygens (including phenoxy) is 1. The van der Waals surface area contributed by atoms with Gasteiger partial charge in [-0.3, -0.25) is 9.52 Å². The molecule has 0 spiro atoms. The van der Waals surface area contributed by atoms with E-state index >= 15 is 0 Å². The van der Waals surface area contributed by atoms with Gasteiger partial charge in [0, 0.05) is 43.1 Å². The molecule has 0 bridgehead atoms. The van der Waals surface area contributed by atoms with E-state index in [1.807, 2.05) is 12.1 Å². The second-order valence-electron chi connectivity index (χ2n) is 8.15. The van der Waals surface area contributed by atoms with Gasteiger partial charge in [0.05, 0.1) is 23.6 Å². The minimum absolute atomic E-state index is 0.0766. The Bertz CT molecular complexity index is 1320. The summed E-state index contributed by atoms with van der Waals surface area (Å²) < 4.78 is 33.1. The maximum atomic E-state index is 13.1. The summed E-state index contributed by atoms with van der Waals surface area (Å²) >= 11 is 0. The molecule has 180 valence electrons. The third-order valence-electron chi connectivity index (χ3n) is 5.90. The van der Waals surface area contributed by atoms with Gasteiger partial charge >= 0.3 is 0 Å². The molecule has 9 heteroatoms. The van der Waals surface area contributed by atoms with Crippen LogP contribution >= 0.6 is 0 Å². The summed E-state index contributed by atoms with van der Waals surface area (Å²) in [5.41, 5.74) is 2.50. The van der Waals surface area contributed by atoms with E-state index in [-0.39, 0.29) is 10.8 Å². The Morgan fingerprint density at radius 3 is 2.23 bits per heavy atom. The highest BCUT2D eigenvalue weighted by Gasteiger charge is 2.22. The minimum Gasteiger partial charge on any atom is -0.497 e. The van der Waals surface area contributed by atoms with Crippen molar-refractivity contribution in [1.29, 1.82) is 5.26 Å². The molecular formula is C26H26N4O4S. The highest BCUT2D eigenvalue weighted by atomic mass is 32.2. The monoisotopic (exact) mass is 490 g/mol. The fourth-order valence-electron chi connectivity index (χ4n) is 3.96. The zero-order valence-electron chi connectivity index (χ0n) is 19.3. The first-order valence-corrected chi connectivity index (χ1v) is 12.7. The maximum absolute atomic E-state index is 13.1. The number of hydrogen-bond acceptors (Lipinski definition) is 6. The number of methoxy groups -OCH3 is 1. The van der Waals surface area contributed by atoms with E-state index in [0.717, 1.165) is 18.7 Å². The van der Waals surface area contributed by atoms with Gasteiger partial charge in [0.1, 0.15) is 5.75 Å². The smallest absolute Gasteiger partial charge is 0.261 e. The van der Waals surface area contributed by atoms with Crippen molar-refractivity contribution in [2.45, 2.75) is 11.3 Å². The predicted molar refractivity (Wildman–Crippen MR) is 134 cm³/mol. The SMILES string of the molecule is COc1ccc(NS(=O)(=O)c2ccc(C(=O)N3CCCN(c4ccc(C#N)cc4)CC3)cc2)cc1. The van der Waals surface area contributed by atoms with Crippen LogP contribution in [0.5, 0.6) is 5.75 Å². The van der Waals surface area contributed by atoms with Gasteiger partial charge in [-0.05, 0) is 79.2 Å². The van der Waals surface area contributed by atoms with Crippen molar-refractivity contribution in [3.8, 4) is 11.8 Å². The molecule has 0 unspecified atom stereocenters. The highest BCUT2D eigenvalue weighted by Crippen LogP contribution is 2.21. The van der Waals surface area contributed by atoms with Gasteiger partial charge in [-0.1, -0.05) is 0 Å². The average Bonchev–Trinajstić information content (AvgIpc) is 3.15. The third kappa shape index (κ3) is 5.73. The summed E-state index contributed by atoms with van der Waals surface area (Å²) in [6.07, 6.45) is 0.810. The second-order valence-corrected chi connectivity index (χ2v) is 9.83. The van der Waals surface area contributed by atoms with Crippen LogP contribution in [-0.4, -0.2) is 52.5 Å². The number of carbonyl (C=O) groups is 1. The Morgan fingerprint density at radius 1 is 0.914 bits per heavy atom. The summed E-state index contributed by atoms with van der Waals surface area (Å²) in [4.78, 5) is 17.2. The quantitative estimate of drug-likeness (QED) is 0.565. The molecule has 0 aromatic heterocycles. The van der Waals surface area contributed by atoms with Crippen molar-refractivity contribution in [3.05, 3.63) is 83.9 Å². The lowest BCUT2D eigenvalue weighted by atomic mass is 10.2. The second kappa shape index (κ2) is 10.5. The van der Waals surface area contributed by atoms with E-state index in [4.69, 9.17) is 10.00 Å². The van der Waals surface area contributed by atoms with Crippen molar-refractivity contribution >= 4 is 27.3 Å². The van der Waals surface area contributed by atoms with E-state index in [2.05, 4.69) is 15.7 Å². The fourth-order valence-corrected chi connectivity index (χ4v) is 5.02. The van der Waals surface area contributed by atoms with Gasteiger partial charge in [0.2, 0.25) is 0 Å². The Morgan fingerprint density at radius 2 is 1.60 bits per heavy atom. The predicted octanol–water partition coefficient (Wildman–Crippen LogP) is 3.72. The maximum Gasteiger partial charge on any atom is 0.261 e. The minimum atomic E-state index is -3.79. The molecule has 0 aliphatic carbocycles. The molecule has 0 saturated carbocycles. The van der Waals surface area contributed by atoms with Crippen molar-refractivity contribution in [2.75, 3.05) is 42.9 Å². The Hall–Kier alpha value is -4.03. The number of sulfonamides is 1.